The van der Waals surface area contributed by atoms with Crippen molar-refractivity contribution in [1.29, 1.82) is 0 Å². The highest BCUT2D eigenvalue weighted by Crippen LogP contribution is 2.24. The average Bonchev–Trinajstić information content (AvgIpc) is 3.18. The molecule has 0 fully saturated rings. The Morgan fingerprint density at radius 1 is 1.32 bits per heavy atom. The summed E-state index contributed by atoms with van der Waals surface area (Å²) in [6.45, 7) is 4.08. The van der Waals surface area contributed by atoms with Gasteiger partial charge in [-0.15, -0.1) is 0 Å². The molecule has 2 aromatic heterocycles. The zero-order chi connectivity index (χ0) is 19.7. The molecule has 1 aromatic carbocycles. The Morgan fingerprint density at radius 2 is 2.18 bits per heavy atom. The zero-order valence-electron chi connectivity index (χ0n) is 16.3. The molecule has 3 heterocycles. The molecule has 0 N–H and O–H groups in total. The van der Waals surface area contributed by atoms with Crippen LogP contribution in [0.2, 0.25) is 0 Å². The monoisotopic (exact) mass is 373 g/mol. The Hall–Kier alpha value is -3.28. The van der Waals surface area contributed by atoms with E-state index in [-0.39, 0.29) is 5.92 Å². The first kappa shape index (κ1) is 18.1. The highest BCUT2D eigenvalue weighted by molar-refractivity contribution is 6.06. The number of aryl methyl sites for hydroxylation is 2. The van der Waals surface area contributed by atoms with Crippen LogP contribution in [0.5, 0.6) is 0 Å². The standard InChI is InChI=1S/C22H23N5O/c1-4-16-6-5-7-21(27-12-15(2)18(13-27)14-28)25-22(16)24-19-8-9-20-17(10-19)11-23-26(20)3/h5,7-14,16H,4,6H2,1-3H3. The topological polar surface area (TPSA) is 64.5 Å². The number of benzene rings is 1. The first-order valence-corrected chi connectivity index (χ1v) is 9.48. The predicted molar refractivity (Wildman–Crippen MR) is 113 cm³/mol. The van der Waals surface area contributed by atoms with Crippen molar-refractivity contribution in [2.24, 2.45) is 23.0 Å². The number of aldehydes is 1. The van der Waals surface area contributed by atoms with E-state index in [1.165, 1.54) is 0 Å². The minimum atomic E-state index is 0.251. The van der Waals surface area contributed by atoms with Gasteiger partial charge in [0.25, 0.3) is 0 Å². The second-order valence-electron chi connectivity index (χ2n) is 7.12. The molecule has 6 heteroatoms. The molecule has 1 aliphatic rings. The number of aromatic nitrogens is 3. The molecule has 28 heavy (non-hydrogen) atoms. The average molecular weight is 373 g/mol. The molecule has 0 radical (unpaired) electrons. The van der Waals surface area contributed by atoms with Crippen molar-refractivity contribution < 1.29 is 4.79 Å². The number of carbonyl (C=O) groups is 1. The van der Waals surface area contributed by atoms with E-state index in [1.807, 2.05) is 66.1 Å². The Labute approximate surface area is 163 Å². The fraction of sp³-hybridized carbons (Fsp3) is 0.273. The maximum Gasteiger partial charge on any atom is 0.151 e. The van der Waals surface area contributed by atoms with Crippen molar-refractivity contribution in [3.05, 3.63) is 60.1 Å². The second-order valence-corrected chi connectivity index (χ2v) is 7.12. The lowest BCUT2D eigenvalue weighted by Gasteiger charge is -2.11. The minimum Gasteiger partial charge on any atom is -0.308 e. The predicted octanol–water partition coefficient (Wildman–Crippen LogP) is 4.46. The van der Waals surface area contributed by atoms with E-state index in [0.29, 0.717) is 5.56 Å². The Bertz CT molecular complexity index is 1130. The van der Waals surface area contributed by atoms with E-state index in [4.69, 9.17) is 9.98 Å². The molecule has 0 saturated heterocycles. The number of carbonyl (C=O) groups excluding carboxylic acids is 1. The summed E-state index contributed by atoms with van der Waals surface area (Å²) in [6.07, 6.45) is 12.5. The summed E-state index contributed by atoms with van der Waals surface area (Å²) in [5.41, 5.74) is 3.55. The number of amidine groups is 1. The van der Waals surface area contributed by atoms with Crippen LogP contribution in [0.15, 0.2) is 58.9 Å². The number of nitrogens with zero attached hydrogens (tertiary/aromatic N) is 5. The molecule has 1 atom stereocenters. The van der Waals surface area contributed by atoms with E-state index < -0.39 is 0 Å². The van der Waals surface area contributed by atoms with Crippen LogP contribution in [0.25, 0.3) is 10.9 Å². The normalized spacial score (nSPS) is 18.5. The zero-order valence-corrected chi connectivity index (χ0v) is 16.3. The van der Waals surface area contributed by atoms with Crippen molar-refractivity contribution in [3.63, 3.8) is 0 Å². The molecule has 4 rings (SSSR count). The number of rotatable bonds is 3. The van der Waals surface area contributed by atoms with E-state index in [9.17, 15) is 4.79 Å². The number of fused-ring (bicyclic) bond motifs is 1. The summed E-state index contributed by atoms with van der Waals surface area (Å²) < 4.78 is 3.75. The van der Waals surface area contributed by atoms with Gasteiger partial charge in [0.05, 0.1) is 17.4 Å². The van der Waals surface area contributed by atoms with Gasteiger partial charge in [0.15, 0.2) is 6.29 Å². The summed E-state index contributed by atoms with van der Waals surface area (Å²) in [5, 5.41) is 5.36. The van der Waals surface area contributed by atoms with Gasteiger partial charge in [-0.2, -0.15) is 5.10 Å². The molecular weight excluding hydrogens is 350 g/mol. The van der Waals surface area contributed by atoms with E-state index in [1.54, 1.807) is 0 Å². The van der Waals surface area contributed by atoms with Crippen LogP contribution >= 0.6 is 0 Å². The van der Waals surface area contributed by atoms with Gasteiger partial charge in [-0.25, -0.2) is 9.98 Å². The SMILES string of the molecule is CCC1CC=CC(n2cc(C)c(C=O)c2)=NC1=Nc1ccc2c(cnn2C)c1. The van der Waals surface area contributed by atoms with Gasteiger partial charge in [-0.1, -0.05) is 13.0 Å². The smallest absolute Gasteiger partial charge is 0.151 e. The van der Waals surface area contributed by atoms with Crippen LogP contribution < -0.4 is 0 Å². The fourth-order valence-electron chi connectivity index (χ4n) is 3.48. The van der Waals surface area contributed by atoms with Gasteiger partial charge in [0.1, 0.15) is 11.7 Å². The van der Waals surface area contributed by atoms with Crippen LogP contribution in [0.4, 0.5) is 5.69 Å². The van der Waals surface area contributed by atoms with Crippen molar-refractivity contribution >= 4 is 34.5 Å². The first-order valence-electron chi connectivity index (χ1n) is 9.48. The highest BCUT2D eigenvalue weighted by atomic mass is 16.1. The summed E-state index contributed by atoms with van der Waals surface area (Å²) >= 11 is 0. The maximum absolute atomic E-state index is 11.2. The van der Waals surface area contributed by atoms with Gasteiger partial charge in [-0.3, -0.25) is 9.48 Å². The lowest BCUT2D eigenvalue weighted by atomic mass is 10.0. The lowest BCUT2D eigenvalue weighted by Crippen LogP contribution is -2.14. The summed E-state index contributed by atoms with van der Waals surface area (Å²) in [6, 6.07) is 6.08. The van der Waals surface area contributed by atoms with Crippen molar-refractivity contribution in [1.82, 2.24) is 14.3 Å². The molecule has 0 amide bonds. The quantitative estimate of drug-likeness (QED) is 0.636. The molecule has 1 aliphatic heterocycles. The second kappa shape index (κ2) is 7.38. The first-order chi connectivity index (χ1) is 13.6. The molecule has 0 aliphatic carbocycles. The van der Waals surface area contributed by atoms with E-state index in [0.717, 1.165) is 53.0 Å². The van der Waals surface area contributed by atoms with Gasteiger partial charge in [0.2, 0.25) is 0 Å². The largest absolute Gasteiger partial charge is 0.308 e. The van der Waals surface area contributed by atoms with Crippen LogP contribution in [0.1, 0.15) is 35.7 Å². The van der Waals surface area contributed by atoms with Gasteiger partial charge in [0, 0.05) is 36.3 Å². The number of aliphatic imine (C=N–C) groups is 2. The summed E-state index contributed by atoms with van der Waals surface area (Å²) in [5.74, 6) is 1.83. The van der Waals surface area contributed by atoms with Gasteiger partial charge >= 0.3 is 0 Å². The maximum atomic E-state index is 11.2. The summed E-state index contributed by atoms with van der Waals surface area (Å²) in [7, 11) is 1.93. The molecule has 142 valence electrons. The molecule has 0 spiro atoms. The Morgan fingerprint density at radius 3 is 2.93 bits per heavy atom. The number of hydrogen-bond donors (Lipinski definition) is 0. The van der Waals surface area contributed by atoms with Crippen LogP contribution in [-0.2, 0) is 7.05 Å². The van der Waals surface area contributed by atoms with Gasteiger partial charge in [-0.05, 0) is 49.6 Å². The number of hydrogen-bond acceptors (Lipinski definition) is 3. The third-order valence-electron chi connectivity index (χ3n) is 5.21. The van der Waals surface area contributed by atoms with Crippen LogP contribution in [0.3, 0.4) is 0 Å². The molecule has 0 saturated carbocycles. The Balaban J connectivity index is 1.78. The van der Waals surface area contributed by atoms with Crippen molar-refractivity contribution in [3.8, 4) is 0 Å². The highest BCUT2D eigenvalue weighted by Gasteiger charge is 2.17. The molecule has 6 nitrogen and oxygen atoms in total. The van der Waals surface area contributed by atoms with Crippen LogP contribution in [-0.4, -0.2) is 32.3 Å². The Kier molecular flexibility index (Phi) is 4.77. The van der Waals surface area contributed by atoms with Crippen LogP contribution in [0, 0.1) is 12.8 Å². The number of allylic oxidation sites excluding steroid dienone is 2. The van der Waals surface area contributed by atoms with Crippen molar-refractivity contribution in [2.75, 3.05) is 0 Å². The summed E-state index contributed by atoms with van der Waals surface area (Å²) in [4.78, 5) is 21.0. The molecule has 3 aromatic rings. The minimum absolute atomic E-state index is 0.251. The van der Waals surface area contributed by atoms with Crippen molar-refractivity contribution in [2.45, 2.75) is 26.7 Å². The molecule has 0 bridgehead atoms. The van der Waals surface area contributed by atoms with Gasteiger partial charge < -0.3 is 4.57 Å². The fourth-order valence-corrected chi connectivity index (χ4v) is 3.48. The van der Waals surface area contributed by atoms with E-state index >= 15 is 0 Å². The van der Waals surface area contributed by atoms with E-state index in [2.05, 4.69) is 18.1 Å². The molecular formula is C22H23N5O. The third kappa shape index (κ3) is 3.33. The third-order valence-corrected chi connectivity index (χ3v) is 5.21. The lowest BCUT2D eigenvalue weighted by molar-refractivity contribution is 0.112. The molecule has 1 unspecified atom stereocenters.